The maximum Gasteiger partial charge on any atom is 0.367 e. The second-order valence-corrected chi connectivity index (χ2v) is 12.6. The van der Waals surface area contributed by atoms with E-state index in [4.69, 9.17) is 0 Å². The standard InChI is InChI=1S/C20H18Br2N2O2PS/c1-13-11-19(28-12-13)27(26)14(2)23(17-7-3-15(21)4-8-17)20(25)24(27)18-9-5-16(22)6-10-18/h3-12,14,26H,1-2H3/q+1. The molecule has 28 heavy (non-hydrogen) atoms. The van der Waals surface area contributed by atoms with Crippen molar-refractivity contribution in [3.8, 4) is 0 Å². The molecule has 1 fully saturated rings. The Balaban J connectivity index is 1.88. The van der Waals surface area contributed by atoms with E-state index in [1.165, 1.54) is 11.3 Å². The van der Waals surface area contributed by atoms with Gasteiger partial charge in [0, 0.05) is 14.6 Å². The molecule has 4 rings (SSSR count). The van der Waals surface area contributed by atoms with Crippen LogP contribution >= 0.6 is 50.8 Å². The van der Waals surface area contributed by atoms with E-state index in [0.717, 1.165) is 24.8 Å². The highest BCUT2D eigenvalue weighted by molar-refractivity contribution is 9.10. The average molecular weight is 541 g/mol. The lowest BCUT2D eigenvalue weighted by Gasteiger charge is -2.24. The number of hydrogen-bond acceptors (Lipinski definition) is 3. The van der Waals surface area contributed by atoms with Gasteiger partial charge in [0.2, 0.25) is 4.62 Å². The van der Waals surface area contributed by atoms with Crippen molar-refractivity contribution in [1.29, 1.82) is 0 Å². The molecule has 8 heteroatoms. The van der Waals surface area contributed by atoms with Crippen LogP contribution in [0.5, 0.6) is 0 Å². The van der Waals surface area contributed by atoms with Gasteiger partial charge >= 0.3 is 13.7 Å². The van der Waals surface area contributed by atoms with Crippen LogP contribution in [0.4, 0.5) is 16.2 Å². The summed E-state index contributed by atoms with van der Waals surface area (Å²) in [7, 11) is -2.98. The first kappa shape index (κ1) is 20.0. The fourth-order valence-electron chi connectivity index (χ4n) is 3.39. The molecule has 144 valence electrons. The highest BCUT2D eigenvalue weighted by Gasteiger charge is 2.66. The molecule has 0 spiro atoms. The smallest absolute Gasteiger partial charge is 0.251 e. The third-order valence-corrected chi connectivity index (χ3v) is 10.9. The van der Waals surface area contributed by atoms with Gasteiger partial charge in [-0.15, -0.1) is 16.0 Å². The van der Waals surface area contributed by atoms with Gasteiger partial charge in [-0.3, -0.25) is 4.90 Å². The van der Waals surface area contributed by atoms with Crippen LogP contribution in [-0.2, 0) is 0 Å². The number of nitrogens with zero attached hydrogens (tertiary/aromatic N) is 2. The van der Waals surface area contributed by atoms with Crippen molar-refractivity contribution in [3.05, 3.63) is 74.5 Å². The van der Waals surface area contributed by atoms with Gasteiger partial charge in [-0.25, -0.2) is 9.69 Å². The second kappa shape index (κ2) is 7.54. The Morgan fingerprint density at radius 1 is 1.00 bits per heavy atom. The Bertz CT molecular complexity index is 1030. The molecule has 2 unspecified atom stereocenters. The SMILES string of the molecule is Cc1csc([P+]2(O)C(C)N(c3ccc(Br)cc3)C(=O)N2c2ccc(Br)cc2)c1. The third kappa shape index (κ3) is 3.23. The fraction of sp³-hybridized carbons (Fsp3) is 0.150. The monoisotopic (exact) mass is 539 g/mol. The summed E-state index contributed by atoms with van der Waals surface area (Å²) >= 11 is 8.40. The zero-order valence-electron chi connectivity index (χ0n) is 15.2. The summed E-state index contributed by atoms with van der Waals surface area (Å²) in [5.41, 5.74) is 2.56. The van der Waals surface area contributed by atoms with Crippen molar-refractivity contribution in [2.45, 2.75) is 19.6 Å². The predicted molar refractivity (Wildman–Crippen MR) is 126 cm³/mol. The summed E-state index contributed by atoms with van der Waals surface area (Å²) in [5.74, 6) is -0.372. The second-order valence-electron chi connectivity index (χ2n) is 6.66. The number of carbonyl (C=O) groups excluding carboxylic acids is 1. The third-order valence-electron chi connectivity index (χ3n) is 4.80. The van der Waals surface area contributed by atoms with Gasteiger partial charge in [0.15, 0.2) is 5.78 Å². The zero-order chi connectivity index (χ0) is 20.1. The molecule has 1 saturated heterocycles. The van der Waals surface area contributed by atoms with Gasteiger partial charge in [0.1, 0.15) is 0 Å². The van der Waals surface area contributed by atoms with E-state index in [1.807, 2.05) is 73.8 Å². The summed E-state index contributed by atoms with van der Waals surface area (Å²) < 4.78 is 4.33. The number of benzene rings is 2. The van der Waals surface area contributed by atoms with E-state index in [0.29, 0.717) is 5.69 Å². The lowest BCUT2D eigenvalue weighted by molar-refractivity contribution is 0.256. The van der Waals surface area contributed by atoms with Crippen LogP contribution in [0, 0.1) is 6.92 Å². The van der Waals surface area contributed by atoms with Crippen LogP contribution in [0.25, 0.3) is 0 Å². The zero-order valence-corrected chi connectivity index (χ0v) is 20.1. The number of carbonyl (C=O) groups is 1. The minimum atomic E-state index is -2.98. The van der Waals surface area contributed by atoms with E-state index in [2.05, 4.69) is 31.9 Å². The molecular weight excluding hydrogens is 523 g/mol. The molecule has 2 aromatic carbocycles. The topological polar surface area (TPSA) is 43.8 Å². The molecule has 1 aliphatic rings. The quantitative estimate of drug-likeness (QED) is 0.383. The fourth-order valence-corrected chi connectivity index (χ4v) is 8.72. The van der Waals surface area contributed by atoms with Gasteiger partial charge in [-0.2, -0.15) is 0 Å². The minimum Gasteiger partial charge on any atom is -0.251 e. The van der Waals surface area contributed by atoms with Crippen molar-refractivity contribution in [3.63, 3.8) is 0 Å². The van der Waals surface area contributed by atoms with Gasteiger partial charge in [0.25, 0.3) is 0 Å². The first-order valence-electron chi connectivity index (χ1n) is 8.64. The van der Waals surface area contributed by atoms with Crippen LogP contribution in [-0.4, -0.2) is 16.7 Å². The number of aryl methyl sites for hydroxylation is 1. The van der Waals surface area contributed by atoms with Gasteiger partial charge < -0.3 is 0 Å². The maximum absolute atomic E-state index is 13.6. The molecule has 0 radical (unpaired) electrons. The van der Waals surface area contributed by atoms with Crippen LogP contribution in [0.15, 0.2) is 68.9 Å². The maximum atomic E-state index is 13.6. The highest BCUT2D eigenvalue weighted by Crippen LogP contribution is 2.68. The summed E-state index contributed by atoms with van der Waals surface area (Å²) in [6, 6.07) is 16.9. The first-order chi connectivity index (χ1) is 13.3. The Hall–Kier alpha value is -1.24. The largest absolute Gasteiger partial charge is 0.367 e. The minimum absolute atomic E-state index is 0.209. The molecule has 2 heterocycles. The number of thiophene rings is 1. The molecular formula is C20H18Br2N2O2PS+. The van der Waals surface area contributed by atoms with E-state index in [1.54, 1.807) is 9.57 Å². The summed E-state index contributed by atoms with van der Waals surface area (Å²) in [6.45, 7) is 3.94. The average Bonchev–Trinajstić information content (AvgIpc) is 3.19. The van der Waals surface area contributed by atoms with E-state index in [9.17, 15) is 9.69 Å². The number of amides is 2. The van der Waals surface area contributed by atoms with Crippen molar-refractivity contribution >= 4 is 72.9 Å². The van der Waals surface area contributed by atoms with E-state index >= 15 is 0 Å². The van der Waals surface area contributed by atoms with Gasteiger partial charge in [-0.05, 0) is 79.4 Å². The van der Waals surface area contributed by atoms with Crippen LogP contribution in [0.1, 0.15) is 12.5 Å². The molecule has 3 aromatic rings. The lowest BCUT2D eigenvalue weighted by atomic mass is 10.3. The Morgan fingerprint density at radius 2 is 1.54 bits per heavy atom. The molecule has 4 nitrogen and oxygen atoms in total. The number of rotatable bonds is 3. The molecule has 2 atom stereocenters. The van der Waals surface area contributed by atoms with Gasteiger partial charge in [-0.1, -0.05) is 31.9 Å². The number of anilines is 2. The molecule has 1 aliphatic heterocycles. The molecule has 0 bridgehead atoms. The molecule has 1 N–H and O–H groups in total. The van der Waals surface area contributed by atoms with E-state index in [-0.39, 0.29) is 11.8 Å². The van der Waals surface area contributed by atoms with Crippen LogP contribution in [0.2, 0.25) is 0 Å². The Kier molecular flexibility index (Phi) is 5.40. The summed E-state index contributed by atoms with van der Waals surface area (Å²) in [5, 5.41) is 2.02. The van der Waals surface area contributed by atoms with Crippen molar-refractivity contribution in [1.82, 2.24) is 0 Å². The van der Waals surface area contributed by atoms with Crippen molar-refractivity contribution in [2.75, 3.05) is 9.57 Å². The summed E-state index contributed by atoms with van der Waals surface area (Å²) in [4.78, 5) is 27.3. The predicted octanol–water partition coefficient (Wildman–Crippen LogP) is 6.54. The van der Waals surface area contributed by atoms with Crippen molar-refractivity contribution < 1.29 is 9.69 Å². The Labute approximate surface area is 185 Å². The Morgan fingerprint density at radius 3 is 2.04 bits per heavy atom. The molecule has 0 saturated carbocycles. The normalized spacial score (nSPS) is 22.2. The number of hydrogen-bond donors (Lipinski definition) is 1. The first-order valence-corrected chi connectivity index (χ1v) is 12.9. The number of halogens is 2. The van der Waals surface area contributed by atoms with Crippen LogP contribution in [0.3, 0.4) is 0 Å². The van der Waals surface area contributed by atoms with Gasteiger partial charge in [0.05, 0.1) is 5.69 Å². The molecule has 0 aliphatic carbocycles. The van der Waals surface area contributed by atoms with Crippen molar-refractivity contribution in [2.24, 2.45) is 0 Å². The molecule has 1 aromatic heterocycles. The molecule has 2 amide bonds. The number of urea groups is 1. The van der Waals surface area contributed by atoms with Crippen LogP contribution < -0.4 is 14.2 Å². The van der Waals surface area contributed by atoms with E-state index < -0.39 is 7.64 Å². The summed E-state index contributed by atoms with van der Waals surface area (Å²) in [6.07, 6.45) is 0. The highest BCUT2D eigenvalue weighted by atomic mass is 79.9. The lowest BCUT2D eigenvalue weighted by Crippen LogP contribution is -2.33.